The molecule has 2 saturated heterocycles. The van der Waals surface area contributed by atoms with Crippen LogP contribution < -0.4 is 15.5 Å². The number of H-pyrrole nitrogens is 2. The van der Waals surface area contributed by atoms with Crippen LogP contribution in [-0.4, -0.2) is 92.4 Å². The van der Waals surface area contributed by atoms with Gasteiger partial charge in [-0.05, 0) is 25.2 Å². The van der Waals surface area contributed by atoms with Crippen LogP contribution in [0.5, 0.6) is 0 Å². The molecule has 11 nitrogen and oxygen atoms in total. The van der Waals surface area contributed by atoms with Gasteiger partial charge in [-0.2, -0.15) is 5.10 Å². The number of hydrogen-bond donors (Lipinski definition) is 3. The van der Waals surface area contributed by atoms with E-state index >= 15 is 0 Å². The first-order valence-corrected chi connectivity index (χ1v) is 12.2. The Balaban J connectivity index is 1.26. The minimum Gasteiger partial charge on any atom is -0.353 e. The van der Waals surface area contributed by atoms with Crippen LogP contribution in [0, 0.1) is 0 Å². The fourth-order valence-electron chi connectivity index (χ4n) is 5.04. The molecule has 0 atom stereocenters. The van der Waals surface area contributed by atoms with Crippen molar-refractivity contribution in [2.45, 2.75) is 6.04 Å². The normalized spacial score (nSPS) is 17.3. The Kier molecular flexibility index (Phi) is 4.86. The van der Waals surface area contributed by atoms with Crippen molar-refractivity contribution in [2.75, 3.05) is 56.1 Å². The van der Waals surface area contributed by atoms with Gasteiger partial charge in [-0.15, -0.1) is 0 Å². The smallest absolute Gasteiger partial charge is 0.181 e. The number of nitrogens with two attached hydrogens (primary N) is 1. The number of nitrogens with one attached hydrogen (secondary N) is 2. The molecule has 36 heavy (non-hydrogen) atoms. The second-order valence-electron chi connectivity index (χ2n) is 9.69. The van der Waals surface area contributed by atoms with Crippen molar-refractivity contribution in [2.24, 2.45) is 5.73 Å². The van der Waals surface area contributed by atoms with Gasteiger partial charge in [0.25, 0.3) is 0 Å². The molecule has 5 aromatic rings. The van der Waals surface area contributed by atoms with E-state index in [-0.39, 0.29) is 6.04 Å². The zero-order chi connectivity index (χ0) is 24.2. The molecule has 4 N–H and O–H groups in total. The quantitative estimate of drug-likeness (QED) is 0.352. The van der Waals surface area contributed by atoms with Gasteiger partial charge in [0.2, 0.25) is 0 Å². The molecule has 7 rings (SSSR count). The Hall–Kier alpha value is -4.09. The van der Waals surface area contributed by atoms with Crippen molar-refractivity contribution in [3.8, 4) is 22.6 Å². The third kappa shape index (κ3) is 3.55. The van der Waals surface area contributed by atoms with E-state index in [1.807, 2.05) is 12.3 Å². The molecule has 0 amide bonds. The summed E-state index contributed by atoms with van der Waals surface area (Å²) in [4.78, 5) is 28.9. The highest BCUT2D eigenvalue weighted by atomic mass is 15.3. The lowest BCUT2D eigenvalue weighted by Crippen LogP contribution is -2.56. The van der Waals surface area contributed by atoms with Crippen molar-refractivity contribution in [3.63, 3.8) is 0 Å². The Labute approximate surface area is 207 Å². The summed E-state index contributed by atoms with van der Waals surface area (Å²) >= 11 is 0. The van der Waals surface area contributed by atoms with Gasteiger partial charge in [0.15, 0.2) is 5.65 Å². The third-order valence-electron chi connectivity index (χ3n) is 7.16. The van der Waals surface area contributed by atoms with Gasteiger partial charge in [-0.25, -0.2) is 15.0 Å². The average molecular weight is 482 g/mol. The summed E-state index contributed by atoms with van der Waals surface area (Å²) < 4.78 is 0. The molecule has 0 aromatic carbocycles. The number of fused-ring (bicyclic) bond motifs is 2. The Bertz CT molecular complexity index is 1560. The fourth-order valence-corrected chi connectivity index (χ4v) is 5.04. The van der Waals surface area contributed by atoms with Gasteiger partial charge in [-0.1, -0.05) is 0 Å². The van der Waals surface area contributed by atoms with E-state index in [4.69, 9.17) is 15.7 Å². The molecule has 5 aromatic heterocycles. The molecule has 7 heterocycles. The molecule has 0 radical (unpaired) electrons. The number of aromatic amines is 2. The zero-order valence-electron chi connectivity index (χ0n) is 20.0. The Morgan fingerprint density at radius 1 is 0.972 bits per heavy atom. The van der Waals surface area contributed by atoms with Crippen LogP contribution in [0.25, 0.3) is 44.6 Å². The van der Waals surface area contributed by atoms with Crippen molar-refractivity contribution in [1.82, 2.24) is 40.0 Å². The van der Waals surface area contributed by atoms with E-state index < -0.39 is 0 Å². The third-order valence-corrected chi connectivity index (χ3v) is 7.16. The molecule has 11 heteroatoms. The first-order chi connectivity index (χ1) is 17.6. The predicted molar refractivity (Wildman–Crippen MR) is 140 cm³/mol. The predicted octanol–water partition coefficient (Wildman–Crippen LogP) is 1.86. The van der Waals surface area contributed by atoms with Crippen molar-refractivity contribution < 1.29 is 0 Å². The molecule has 182 valence electrons. The first kappa shape index (κ1) is 21.2. The summed E-state index contributed by atoms with van der Waals surface area (Å²) in [5.74, 6) is 1.85. The lowest BCUT2D eigenvalue weighted by Gasteiger charge is -2.37. The van der Waals surface area contributed by atoms with Crippen LogP contribution in [0.15, 0.2) is 43.0 Å². The van der Waals surface area contributed by atoms with E-state index in [1.165, 1.54) is 0 Å². The number of nitrogens with zero attached hydrogens (tertiary/aromatic N) is 8. The maximum Gasteiger partial charge on any atom is 0.181 e. The van der Waals surface area contributed by atoms with Gasteiger partial charge >= 0.3 is 0 Å². The Morgan fingerprint density at radius 2 is 1.83 bits per heavy atom. The van der Waals surface area contributed by atoms with Crippen LogP contribution in [0.1, 0.15) is 0 Å². The number of aromatic nitrogens is 7. The van der Waals surface area contributed by atoms with Gasteiger partial charge in [0.05, 0.1) is 35.0 Å². The second-order valence-corrected chi connectivity index (χ2v) is 9.69. The molecule has 0 aliphatic carbocycles. The number of hydrogen-bond acceptors (Lipinski definition) is 9. The molecule has 2 fully saturated rings. The van der Waals surface area contributed by atoms with Gasteiger partial charge in [-0.3, -0.25) is 10.1 Å². The van der Waals surface area contributed by atoms with Crippen LogP contribution in [0.4, 0.5) is 11.6 Å². The van der Waals surface area contributed by atoms with Crippen LogP contribution in [0.3, 0.4) is 0 Å². The van der Waals surface area contributed by atoms with E-state index in [0.717, 1.165) is 89.8 Å². The highest BCUT2D eigenvalue weighted by molar-refractivity contribution is 5.99. The van der Waals surface area contributed by atoms with E-state index in [2.05, 4.69) is 59.0 Å². The number of piperazine rings is 1. The van der Waals surface area contributed by atoms with Crippen molar-refractivity contribution >= 4 is 33.6 Å². The summed E-state index contributed by atoms with van der Waals surface area (Å²) in [6.45, 7) is 5.59. The summed E-state index contributed by atoms with van der Waals surface area (Å²) in [5.41, 5.74) is 11.1. The summed E-state index contributed by atoms with van der Waals surface area (Å²) in [6.07, 6.45) is 7.21. The monoisotopic (exact) mass is 481 g/mol. The average Bonchev–Trinajstić information content (AvgIpc) is 3.51. The van der Waals surface area contributed by atoms with E-state index in [0.29, 0.717) is 5.65 Å². The molecule has 2 aliphatic rings. The first-order valence-electron chi connectivity index (χ1n) is 12.2. The lowest BCUT2D eigenvalue weighted by molar-refractivity contribution is 0.312. The second kappa shape index (κ2) is 8.25. The van der Waals surface area contributed by atoms with E-state index in [9.17, 15) is 0 Å². The maximum absolute atomic E-state index is 5.94. The molecular formula is C25H27N11. The lowest BCUT2D eigenvalue weighted by atomic mass is 10.1. The fraction of sp³-hybridized carbons (Fsp3) is 0.320. The van der Waals surface area contributed by atoms with Gasteiger partial charge < -0.3 is 25.4 Å². The summed E-state index contributed by atoms with van der Waals surface area (Å²) in [5, 5.41) is 9.67. The molecular weight excluding hydrogens is 454 g/mol. The van der Waals surface area contributed by atoms with Crippen LogP contribution >= 0.6 is 0 Å². The topological polar surface area (TPSA) is 132 Å². The standard InChI is InChI=1S/C25H27N11/c1-34-4-6-35(7-5-34)25-17-9-20(30-19(17)2-3-28-25)23-18-8-15(10-29-24(18)33-32-23)21-11-27-12-22(31-21)36-13-16(26)14-36/h2-3,8-12,16,30H,4-7,13-14,26H2,1H3,(H,29,32,33). The maximum atomic E-state index is 5.94. The Morgan fingerprint density at radius 3 is 2.67 bits per heavy atom. The van der Waals surface area contributed by atoms with Gasteiger partial charge in [0.1, 0.15) is 11.6 Å². The SMILES string of the molecule is CN1CCN(c2nccc3[nH]c(-c4[nH]nc5ncc(-c6cncc(N7CC(N)C7)n6)cc45)cc23)CC1. The number of pyridine rings is 2. The number of rotatable bonds is 4. The molecule has 0 spiro atoms. The summed E-state index contributed by atoms with van der Waals surface area (Å²) in [6, 6.07) is 6.44. The minimum atomic E-state index is 0.199. The zero-order valence-corrected chi connectivity index (χ0v) is 20.0. The molecule has 2 aliphatic heterocycles. The molecule has 0 bridgehead atoms. The number of anilines is 2. The molecule has 0 saturated carbocycles. The largest absolute Gasteiger partial charge is 0.353 e. The molecule has 0 unspecified atom stereocenters. The number of likely N-dealkylation sites (N-methyl/N-ethyl adjacent to an activating group) is 1. The summed E-state index contributed by atoms with van der Waals surface area (Å²) in [7, 11) is 2.16. The van der Waals surface area contributed by atoms with Gasteiger partial charge in [0, 0.05) is 74.0 Å². The highest BCUT2D eigenvalue weighted by Crippen LogP contribution is 2.33. The van der Waals surface area contributed by atoms with Crippen LogP contribution in [0.2, 0.25) is 0 Å². The van der Waals surface area contributed by atoms with Crippen molar-refractivity contribution in [1.29, 1.82) is 0 Å². The van der Waals surface area contributed by atoms with Crippen LogP contribution in [-0.2, 0) is 0 Å². The van der Waals surface area contributed by atoms with E-state index in [1.54, 1.807) is 18.6 Å². The highest BCUT2D eigenvalue weighted by Gasteiger charge is 2.25. The minimum absolute atomic E-state index is 0.199. The van der Waals surface area contributed by atoms with Crippen molar-refractivity contribution in [3.05, 3.63) is 43.0 Å².